The number of carbonyl (C=O) groups is 1. The van der Waals surface area contributed by atoms with Crippen molar-refractivity contribution in [3.8, 4) is 40.2 Å². The number of methoxy groups -OCH3 is 1. The van der Waals surface area contributed by atoms with Gasteiger partial charge in [0.05, 0.1) is 6.61 Å². The third-order valence-electron chi connectivity index (χ3n) is 4.46. The number of benzene rings is 2. The van der Waals surface area contributed by atoms with E-state index in [1.165, 1.54) is 19.2 Å². The fourth-order valence-corrected chi connectivity index (χ4v) is 2.90. The van der Waals surface area contributed by atoms with Crippen molar-refractivity contribution in [2.24, 2.45) is 5.92 Å². The number of hydrogen-bond donors (Lipinski definition) is 0. The predicted octanol–water partition coefficient (Wildman–Crippen LogP) is 5.87. The number of esters is 1. The summed E-state index contributed by atoms with van der Waals surface area (Å²) in [7, 11) is 1.53. The molecule has 3 rings (SSSR count). The molecular formula is C25H28FNO6. The quantitative estimate of drug-likeness (QED) is 0.263. The molecule has 2 aromatic carbocycles. The Labute approximate surface area is 192 Å². The molecule has 0 saturated carbocycles. The number of ether oxygens (including phenoxy) is 4. The average Bonchev–Trinajstić information content (AvgIpc) is 3.20. The summed E-state index contributed by atoms with van der Waals surface area (Å²) >= 11 is 0. The lowest BCUT2D eigenvalue weighted by molar-refractivity contribution is -0.134. The van der Waals surface area contributed by atoms with E-state index in [4.69, 9.17) is 23.4 Å². The van der Waals surface area contributed by atoms with Crippen LogP contribution in [0.15, 0.2) is 46.9 Å². The second-order valence-electron chi connectivity index (χ2n) is 7.80. The van der Waals surface area contributed by atoms with Crippen LogP contribution in [0.1, 0.15) is 33.6 Å². The SMILES string of the molecule is CCCC(=O)Oc1nc(-c2ccc(F)cc2)oc1-c1ccc(OCOC)c(OCC(C)C)c1. The van der Waals surface area contributed by atoms with Gasteiger partial charge in [-0.2, -0.15) is 4.98 Å². The summed E-state index contributed by atoms with van der Waals surface area (Å²) in [5, 5.41) is 0. The first kappa shape index (κ1) is 24.3. The third-order valence-corrected chi connectivity index (χ3v) is 4.46. The Morgan fingerprint density at radius 2 is 1.79 bits per heavy atom. The standard InChI is InChI=1S/C25H28FNO6/c1-5-6-22(28)32-25-23(33-24(27-25)17-7-10-19(26)11-8-17)18-9-12-20(31-15-29-4)21(13-18)30-14-16(2)3/h7-13,16H,5-6,14-15H2,1-4H3. The van der Waals surface area contributed by atoms with E-state index in [1.54, 1.807) is 30.3 Å². The lowest BCUT2D eigenvalue weighted by atomic mass is 10.1. The van der Waals surface area contributed by atoms with Crippen molar-refractivity contribution in [2.45, 2.75) is 33.6 Å². The summed E-state index contributed by atoms with van der Waals surface area (Å²) in [5.41, 5.74) is 1.13. The first-order valence-electron chi connectivity index (χ1n) is 10.8. The summed E-state index contributed by atoms with van der Waals surface area (Å²) in [5.74, 6) is 0.985. The molecule has 0 bridgehead atoms. The molecule has 176 valence electrons. The van der Waals surface area contributed by atoms with E-state index in [0.29, 0.717) is 41.6 Å². The van der Waals surface area contributed by atoms with E-state index in [2.05, 4.69) is 4.98 Å². The maximum Gasteiger partial charge on any atom is 0.312 e. The average molecular weight is 457 g/mol. The fourth-order valence-electron chi connectivity index (χ4n) is 2.90. The predicted molar refractivity (Wildman–Crippen MR) is 121 cm³/mol. The zero-order chi connectivity index (χ0) is 23.8. The van der Waals surface area contributed by atoms with Crippen molar-refractivity contribution in [2.75, 3.05) is 20.5 Å². The minimum atomic E-state index is -0.422. The topological polar surface area (TPSA) is 80.0 Å². The molecule has 0 aliphatic rings. The number of nitrogens with zero attached hydrogens (tertiary/aromatic N) is 1. The number of hydrogen-bond acceptors (Lipinski definition) is 7. The van der Waals surface area contributed by atoms with E-state index in [-0.39, 0.29) is 36.6 Å². The van der Waals surface area contributed by atoms with Crippen LogP contribution >= 0.6 is 0 Å². The van der Waals surface area contributed by atoms with Gasteiger partial charge in [0, 0.05) is 24.7 Å². The first-order valence-corrected chi connectivity index (χ1v) is 10.8. The number of aromatic nitrogens is 1. The Bertz CT molecular complexity index is 1060. The minimum absolute atomic E-state index is 0.0353. The van der Waals surface area contributed by atoms with Gasteiger partial charge in [-0.3, -0.25) is 4.79 Å². The molecule has 0 aliphatic heterocycles. The second-order valence-corrected chi connectivity index (χ2v) is 7.80. The van der Waals surface area contributed by atoms with Crippen LogP contribution < -0.4 is 14.2 Å². The van der Waals surface area contributed by atoms with Crippen LogP contribution in [0.3, 0.4) is 0 Å². The maximum absolute atomic E-state index is 13.4. The van der Waals surface area contributed by atoms with Crippen LogP contribution in [-0.2, 0) is 9.53 Å². The number of carbonyl (C=O) groups excluding carboxylic acids is 1. The van der Waals surface area contributed by atoms with Gasteiger partial charge in [-0.25, -0.2) is 4.39 Å². The van der Waals surface area contributed by atoms with E-state index < -0.39 is 5.97 Å². The Morgan fingerprint density at radius 3 is 2.45 bits per heavy atom. The minimum Gasteiger partial charge on any atom is -0.489 e. The van der Waals surface area contributed by atoms with Gasteiger partial charge < -0.3 is 23.4 Å². The smallest absolute Gasteiger partial charge is 0.312 e. The van der Waals surface area contributed by atoms with E-state index in [9.17, 15) is 9.18 Å². The van der Waals surface area contributed by atoms with Gasteiger partial charge >= 0.3 is 5.97 Å². The van der Waals surface area contributed by atoms with Gasteiger partial charge in [-0.05, 0) is 54.8 Å². The molecule has 1 aromatic heterocycles. The summed E-state index contributed by atoms with van der Waals surface area (Å²) in [4.78, 5) is 16.6. The highest BCUT2D eigenvalue weighted by Gasteiger charge is 2.22. The van der Waals surface area contributed by atoms with Gasteiger partial charge in [-0.1, -0.05) is 20.8 Å². The molecule has 0 aliphatic carbocycles. The molecule has 0 atom stereocenters. The summed E-state index contributed by atoms with van der Waals surface area (Å²) in [6, 6.07) is 10.9. The summed E-state index contributed by atoms with van der Waals surface area (Å²) in [6.07, 6.45) is 0.875. The van der Waals surface area contributed by atoms with Crippen LogP contribution in [0.5, 0.6) is 17.4 Å². The highest BCUT2D eigenvalue weighted by Crippen LogP contribution is 2.39. The molecule has 0 saturated heterocycles. The monoisotopic (exact) mass is 457 g/mol. The Balaban J connectivity index is 2.03. The molecule has 7 nitrogen and oxygen atoms in total. The van der Waals surface area contributed by atoms with Gasteiger partial charge in [0.15, 0.2) is 24.1 Å². The van der Waals surface area contributed by atoms with E-state index >= 15 is 0 Å². The lowest BCUT2D eigenvalue weighted by Gasteiger charge is -2.14. The number of halogens is 1. The van der Waals surface area contributed by atoms with Crippen LogP contribution in [0.2, 0.25) is 0 Å². The first-order chi connectivity index (χ1) is 15.9. The normalized spacial score (nSPS) is 11.0. The summed E-state index contributed by atoms with van der Waals surface area (Å²) in [6.45, 7) is 6.50. The number of rotatable bonds is 11. The lowest BCUT2D eigenvalue weighted by Crippen LogP contribution is -2.08. The van der Waals surface area contributed by atoms with E-state index in [0.717, 1.165) is 0 Å². The van der Waals surface area contributed by atoms with Crippen LogP contribution in [0.4, 0.5) is 4.39 Å². The molecule has 3 aromatic rings. The van der Waals surface area contributed by atoms with E-state index in [1.807, 2.05) is 20.8 Å². The Morgan fingerprint density at radius 1 is 1.06 bits per heavy atom. The third kappa shape index (κ3) is 6.55. The zero-order valence-corrected chi connectivity index (χ0v) is 19.2. The molecule has 1 heterocycles. The van der Waals surface area contributed by atoms with Crippen LogP contribution in [0.25, 0.3) is 22.8 Å². The van der Waals surface area contributed by atoms with Gasteiger partial charge in [-0.15, -0.1) is 0 Å². The largest absolute Gasteiger partial charge is 0.489 e. The molecule has 0 amide bonds. The summed E-state index contributed by atoms with van der Waals surface area (Å²) < 4.78 is 41.4. The Hall–Kier alpha value is -3.39. The highest BCUT2D eigenvalue weighted by atomic mass is 19.1. The van der Waals surface area contributed by atoms with Gasteiger partial charge in [0.25, 0.3) is 5.88 Å². The van der Waals surface area contributed by atoms with Crippen LogP contribution in [-0.4, -0.2) is 31.5 Å². The molecule has 0 unspecified atom stereocenters. The molecule has 8 heteroatoms. The molecule has 0 spiro atoms. The molecule has 0 fully saturated rings. The highest BCUT2D eigenvalue weighted by molar-refractivity contribution is 5.76. The fraction of sp³-hybridized carbons (Fsp3) is 0.360. The van der Waals surface area contributed by atoms with Gasteiger partial charge in [0.1, 0.15) is 5.82 Å². The Kier molecular flexibility index (Phi) is 8.43. The van der Waals surface area contributed by atoms with Crippen molar-refractivity contribution in [3.63, 3.8) is 0 Å². The number of oxazole rings is 1. The molecule has 0 radical (unpaired) electrons. The van der Waals surface area contributed by atoms with Crippen molar-refractivity contribution >= 4 is 5.97 Å². The zero-order valence-electron chi connectivity index (χ0n) is 19.2. The molecular weight excluding hydrogens is 429 g/mol. The van der Waals surface area contributed by atoms with Crippen molar-refractivity contribution < 1.29 is 32.5 Å². The molecule has 33 heavy (non-hydrogen) atoms. The molecule has 0 N–H and O–H groups in total. The maximum atomic E-state index is 13.4. The second kappa shape index (κ2) is 11.5. The van der Waals surface area contributed by atoms with Crippen LogP contribution in [0, 0.1) is 11.7 Å². The van der Waals surface area contributed by atoms with Crippen molar-refractivity contribution in [1.82, 2.24) is 4.98 Å². The van der Waals surface area contributed by atoms with Crippen molar-refractivity contribution in [3.05, 3.63) is 48.3 Å². The van der Waals surface area contributed by atoms with Crippen molar-refractivity contribution in [1.29, 1.82) is 0 Å². The van der Waals surface area contributed by atoms with Gasteiger partial charge in [0.2, 0.25) is 5.89 Å².